The van der Waals surface area contributed by atoms with Crippen molar-refractivity contribution in [2.75, 3.05) is 6.61 Å². The molecule has 0 aliphatic carbocycles. The first-order valence-corrected chi connectivity index (χ1v) is 5.00. The zero-order valence-electron chi connectivity index (χ0n) is 8.41. The number of fused-ring (bicyclic) bond motifs is 1. The Labute approximate surface area is 95.6 Å². The monoisotopic (exact) mass is 242 g/mol. The summed E-state index contributed by atoms with van der Waals surface area (Å²) in [7, 11) is 0. The van der Waals surface area contributed by atoms with Crippen molar-refractivity contribution in [2.45, 2.75) is 6.92 Å². The van der Waals surface area contributed by atoms with E-state index in [4.69, 9.17) is 16.3 Å². The van der Waals surface area contributed by atoms with Crippen LogP contribution in [0.1, 0.15) is 17.4 Å². The molecule has 0 radical (unpaired) electrons. The van der Waals surface area contributed by atoms with Crippen molar-refractivity contribution in [3.63, 3.8) is 0 Å². The maximum absolute atomic E-state index is 13.7. The Morgan fingerprint density at radius 3 is 3.12 bits per heavy atom. The number of pyridine rings is 1. The maximum atomic E-state index is 13.7. The number of carbonyl (C=O) groups is 1. The fourth-order valence-corrected chi connectivity index (χ4v) is 1.60. The number of carbonyl (C=O) groups excluding carboxylic acids is 1. The zero-order chi connectivity index (χ0) is 11.7. The van der Waals surface area contributed by atoms with Gasteiger partial charge in [-0.05, 0) is 13.0 Å². The van der Waals surface area contributed by atoms with Crippen LogP contribution in [0.5, 0.6) is 0 Å². The van der Waals surface area contributed by atoms with Crippen LogP contribution in [0.15, 0.2) is 18.6 Å². The first-order valence-electron chi connectivity index (χ1n) is 4.62. The molecular formula is C10H8ClFN2O2. The van der Waals surface area contributed by atoms with Gasteiger partial charge in [0.1, 0.15) is 0 Å². The summed E-state index contributed by atoms with van der Waals surface area (Å²) in [6.07, 6.45) is 2.81. The second-order valence-electron chi connectivity index (χ2n) is 3.06. The average Bonchev–Trinajstić information content (AvgIpc) is 2.67. The van der Waals surface area contributed by atoms with E-state index in [0.717, 1.165) is 0 Å². The third-order valence-electron chi connectivity index (χ3n) is 2.07. The Morgan fingerprint density at radius 2 is 2.44 bits per heavy atom. The second-order valence-corrected chi connectivity index (χ2v) is 3.47. The first-order chi connectivity index (χ1) is 7.65. The van der Waals surface area contributed by atoms with Gasteiger partial charge in [0.05, 0.1) is 29.7 Å². The summed E-state index contributed by atoms with van der Waals surface area (Å²) in [6.45, 7) is 1.81. The van der Waals surface area contributed by atoms with Gasteiger partial charge in [0.15, 0.2) is 11.5 Å². The van der Waals surface area contributed by atoms with Gasteiger partial charge in [-0.25, -0.2) is 14.2 Å². The van der Waals surface area contributed by atoms with Gasteiger partial charge in [0.2, 0.25) is 0 Å². The summed E-state index contributed by atoms with van der Waals surface area (Å²) in [6, 6.07) is 1.40. The van der Waals surface area contributed by atoms with Crippen molar-refractivity contribution >= 4 is 23.1 Å². The highest BCUT2D eigenvalue weighted by Crippen LogP contribution is 2.22. The Hall–Kier alpha value is -1.62. The average molecular weight is 243 g/mol. The van der Waals surface area contributed by atoms with Crippen LogP contribution >= 0.6 is 11.6 Å². The molecule has 16 heavy (non-hydrogen) atoms. The van der Waals surface area contributed by atoms with Crippen LogP contribution in [0.3, 0.4) is 0 Å². The van der Waals surface area contributed by atoms with E-state index in [2.05, 4.69) is 4.98 Å². The van der Waals surface area contributed by atoms with Gasteiger partial charge < -0.3 is 4.74 Å². The lowest BCUT2D eigenvalue weighted by atomic mass is 10.3. The van der Waals surface area contributed by atoms with Crippen LogP contribution in [0, 0.1) is 5.82 Å². The van der Waals surface area contributed by atoms with E-state index < -0.39 is 11.8 Å². The molecule has 2 aromatic rings. The molecule has 0 saturated carbocycles. The second kappa shape index (κ2) is 4.09. The molecule has 0 atom stereocenters. The van der Waals surface area contributed by atoms with Crippen LogP contribution in [0.2, 0.25) is 5.02 Å². The molecular weight excluding hydrogens is 235 g/mol. The van der Waals surface area contributed by atoms with Gasteiger partial charge in [-0.15, -0.1) is 0 Å². The molecule has 2 rings (SSSR count). The molecule has 84 valence electrons. The minimum absolute atomic E-state index is 0.129. The molecule has 0 aliphatic rings. The lowest BCUT2D eigenvalue weighted by Gasteiger charge is -2.07. The van der Waals surface area contributed by atoms with E-state index in [1.807, 2.05) is 0 Å². The van der Waals surface area contributed by atoms with E-state index in [1.165, 1.54) is 23.0 Å². The van der Waals surface area contributed by atoms with Gasteiger partial charge in [0, 0.05) is 0 Å². The molecule has 0 N–H and O–H groups in total. The van der Waals surface area contributed by atoms with Crippen LogP contribution in [-0.2, 0) is 4.74 Å². The van der Waals surface area contributed by atoms with E-state index in [-0.39, 0.29) is 17.3 Å². The molecule has 0 unspecified atom stereocenters. The third-order valence-corrected chi connectivity index (χ3v) is 2.34. The molecule has 0 aromatic carbocycles. The van der Waals surface area contributed by atoms with E-state index >= 15 is 0 Å². The Morgan fingerprint density at radius 1 is 1.69 bits per heavy atom. The number of halogens is 2. The fourth-order valence-electron chi connectivity index (χ4n) is 1.40. The largest absolute Gasteiger partial charge is 0.461 e. The summed E-state index contributed by atoms with van der Waals surface area (Å²) < 4.78 is 19.8. The number of imidazole rings is 1. The van der Waals surface area contributed by atoms with Crippen molar-refractivity contribution in [1.82, 2.24) is 9.38 Å². The maximum Gasteiger partial charge on any atom is 0.358 e. The number of hydrogen-bond donors (Lipinski definition) is 0. The third kappa shape index (κ3) is 1.63. The summed E-state index contributed by atoms with van der Waals surface area (Å²) in [5.74, 6) is -1.56. The summed E-state index contributed by atoms with van der Waals surface area (Å²) in [4.78, 5) is 15.4. The number of esters is 1. The Kier molecular flexibility index (Phi) is 2.78. The van der Waals surface area contributed by atoms with Gasteiger partial charge in [-0.3, -0.25) is 4.40 Å². The SMILES string of the molecule is CCOC(=O)c1c(F)c(Cl)cc2cncn12. The minimum atomic E-state index is -0.800. The van der Waals surface area contributed by atoms with E-state index in [0.29, 0.717) is 5.52 Å². The normalized spacial score (nSPS) is 10.7. The molecule has 0 spiro atoms. The minimum Gasteiger partial charge on any atom is -0.461 e. The molecule has 0 amide bonds. The first kappa shape index (κ1) is 10.9. The van der Waals surface area contributed by atoms with Crippen LogP contribution < -0.4 is 0 Å². The highest BCUT2D eigenvalue weighted by Gasteiger charge is 2.20. The predicted octanol–water partition coefficient (Wildman–Crippen LogP) is 2.30. The molecule has 2 heterocycles. The van der Waals surface area contributed by atoms with Crippen molar-refractivity contribution in [3.05, 3.63) is 35.1 Å². The van der Waals surface area contributed by atoms with Crippen molar-refractivity contribution in [3.8, 4) is 0 Å². The predicted molar refractivity (Wildman–Crippen MR) is 56.1 cm³/mol. The zero-order valence-corrected chi connectivity index (χ0v) is 9.16. The molecule has 0 bridgehead atoms. The quantitative estimate of drug-likeness (QED) is 0.759. The Bertz CT molecular complexity index is 553. The highest BCUT2D eigenvalue weighted by molar-refractivity contribution is 6.31. The molecule has 4 nitrogen and oxygen atoms in total. The van der Waals surface area contributed by atoms with Gasteiger partial charge in [0.25, 0.3) is 0 Å². The topological polar surface area (TPSA) is 43.6 Å². The molecule has 0 saturated heterocycles. The molecule has 6 heteroatoms. The lowest BCUT2D eigenvalue weighted by Crippen LogP contribution is -2.12. The molecule has 2 aromatic heterocycles. The summed E-state index contributed by atoms with van der Waals surface area (Å²) in [5, 5.41) is -0.129. The van der Waals surface area contributed by atoms with Crippen LogP contribution in [-0.4, -0.2) is 22.0 Å². The van der Waals surface area contributed by atoms with Gasteiger partial charge >= 0.3 is 5.97 Å². The molecule has 0 aliphatic heterocycles. The van der Waals surface area contributed by atoms with Gasteiger partial charge in [-0.1, -0.05) is 11.6 Å². The van der Waals surface area contributed by atoms with E-state index in [9.17, 15) is 9.18 Å². The summed E-state index contributed by atoms with van der Waals surface area (Å²) in [5.41, 5.74) is 0.302. The van der Waals surface area contributed by atoms with Gasteiger partial charge in [-0.2, -0.15) is 0 Å². The van der Waals surface area contributed by atoms with Crippen molar-refractivity contribution in [2.24, 2.45) is 0 Å². The smallest absolute Gasteiger partial charge is 0.358 e. The van der Waals surface area contributed by atoms with Crippen molar-refractivity contribution < 1.29 is 13.9 Å². The summed E-state index contributed by atoms with van der Waals surface area (Å²) >= 11 is 5.67. The number of nitrogens with zero attached hydrogens (tertiary/aromatic N) is 2. The highest BCUT2D eigenvalue weighted by atomic mass is 35.5. The lowest BCUT2D eigenvalue weighted by molar-refractivity contribution is 0.0511. The fraction of sp³-hybridized carbons (Fsp3) is 0.200. The number of aromatic nitrogens is 2. The Balaban J connectivity index is 2.69. The standard InChI is InChI=1S/C10H8ClFN2O2/c1-2-16-10(15)9-8(12)7(11)3-6-4-13-5-14(6)9/h3-5H,2H2,1H3. The number of hydrogen-bond acceptors (Lipinski definition) is 3. The number of rotatable bonds is 2. The van der Waals surface area contributed by atoms with Crippen LogP contribution in [0.4, 0.5) is 4.39 Å². The van der Waals surface area contributed by atoms with Crippen molar-refractivity contribution in [1.29, 1.82) is 0 Å². The van der Waals surface area contributed by atoms with Crippen LogP contribution in [0.25, 0.3) is 5.52 Å². The van der Waals surface area contributed by atoms with E-state index in [1.54, 1.807) is 6.92 Å². The molecule has 0 fully saturated rings. The number of ether oxygens (including phenoxy) is 1.